The number of nitrogens with zero attached hydrogens (tertiary/aromatic N) is 1. The quantitative estimate of drug-likeness (QED) is 0.918. The molecule has 1 aliphatic heterocycles. The van der Waals surface area contributed by atoms with Crippen LogP contribution < -0.4 is 10.1 Å². The van der Waals surface area contributed by atoms with Crippen molar-refractivity contribution in [2.75, 3.05) is 32.8 Å². The number of nitrogens with one attached hydrogen (secondary N) is 1. The van der Waals surface area contributed by atoms with Crippen molar-refractivity contribution in [3.63, 3.8) is 0 Å². The SMILES string of the molecule is O=C1CN(CCOc2ccc3ccccc3c2)CCN1. The van der Waals surface area contributed by atoms with Gasteiger partial charge in [0.2, 0.25) is 5.91 Å². The first-order valence-electron chi connectivity index (χ1n) is 6.92. The van der Waals surface area contributed by atoms with E-state index in [1.165, 1.54) is 10.8 Å². The fraction of sp³-hybridized carbons (Fsp3) is 0.312. The van der Waals surface area contributed by atoms with E-state index in [1.54, 1.807) is 0 Å². The predicted octanol–water partition coefficient (Wildman–Crippen LogP) is 1.65. The summed E-state index contributed by atoms with van der Waals surface area (Å²) < 4.78 is 5.78. The maximum Gasteiger partial charge on any atom is 0.234 e. The normalized spacial score (nSPS) is 16.1. The van der Waals surface area contributed by atoms with Crippen LogP contribution in [0.2, 0.25) is 0 Å². The zero-order valence-electron chi connectivity index (χ0n) is 11.3. The van der Waals surface area contributed by atoms with E-state index in [4.69, 9.17) is 4.74 Å². The summed E-state index contributed by atoms with van der Waals surface area (Å²) >= 11 is 0. The van der Waals surface area contributed by atoms with Crippen molar-refractivity contribution in [3.8, 4) is 5.75 Å². The van der Waals surface area contributed by atoms with Crippen LogP contribution in [0, 0.1) is 0 Å². The van der Waals surface area contributed by atoms with Gasteiger partial charge in [-0.1, -0.05) is 30.3 Å². The Hall–Kier alpha value is -2.07. The lowest BCUT2D eigenvalue weighted by Crippen LogP contribution is -2.48. The number of hydrogen-bond acceptors (Lipinski definition) is 3. The zero-order chi connectivity index (χ0) is 13.8. The molecule has 1 aliphatic rings. The highest BCUT2D eigenvalue weighted by Crippen LogP contribution is 2.20. The molecule has 2 aromatic carbocycles. The molecule has 2 aromatic rings. The minimum atomic E-state index is 0.0990. The molecule has 20 heavy (non-hydrogen) atoms. The van der Waals surface area contributed by atoms with Gasteiger partial charge in [-0.15, -0.1) is 0 Å². The number of benzene rings is 2. The topological polar surface area (TPSA) is 41.6 Å². The van der Waals surface area contributed by atoms with Crippen LogP contribution in [0.3, 0.4) is 0 Å². The van der Waals surface area contributed by atoms with E-state index in [9.17, 15) is 4.79 Å². The van der Waals surface area contributed by atoms with Crippen LogP contribution in [-0.4, -0.2) is 43.6 Å². The Morgan fingerprint density at radius 3 is 2.85 bits per heavy atom. The number of rotatable bonds is 4. The highest BCUT2D eigenvalue weighted by molar-refractivity contribution is 5.83. The van der Waals surface area contributed by atoms with Gasteiger partial charge < -0.3 is 10.1 Å². The molecule has 0 aliphatic carbocycles. The van der Waals surface area contributed by atoms with Gasteiger partial charge in [0, 0.05) is 19.6 Å². The Kier molecular flexibility index (Phi) is 3.83. The summed E-state index contributed by atoms with van der Waals surface area (Å²) in [6, 6.07) is 14.3. The smallest absolute Gasteiger partial charge is 0.234 e. The maximum atomic E-state index is 11.3. The van der Waals surface area contributed by atoms with Crippen LogP contribution in [0.15, 0.2) is 42.5 Å². The summed E-state index contributed by atoms with van der Waals surface area (Å²) in [6.45, 7) is 3.48. The Labute approximate surface area is 118 Å². The lowest BCUT2D eigenvalue weighted by atomic mass is 10.1. The Morgan fingerprint density at radius 1 is 1.15 bits per heavy atom. The molecule has 4 nitrogen and oxygen atoms in total. The molecule has 104 valence electrons. The number of hydrogen-bond donors (Lipinski definition) is 1. The van der Waals surface area contributed by atoms with Crippen molar-refractivity contribution < 1.29 is 9.53 Å². The Bertz CT molecular complexity index is 612. The molecule has 4 heteroatoms. The van der Waals surface area contributed by atoms with Gasteiger partial charge in [-0.05, 0) is 22.9 Å². The molecule has 1 saturated heterocycles. The van der Waals surface area contributed by atoms with Crippen molar-refractivity contribution in [1.82, 2.24) is 10.2 Å². The molecule has 0 aromatic heterocycles. The van der Waals surface area contributed by atoms with Crippen molar-refractivity contribution >= 4 is 16.7 Å². The lowest BCUT2D eigenvalue weighted by Gasteiger charge is -2.26. The van der Waals surface area contributed by atoms with Crippen molar-refractivity contribution in [2.24, 2.45) is 0 Å². The van der Waals surface area contributed by atoms with Crippen molar-refractivity contribution in [2.45, 2.75) is 0 Å². The molecule has 0 atom stereocenters. The summed E-state index contributed by atoms with van der Waals surface area (Å²) in [7, 11) is 0. The first-order valence-corrected chi connectivity index (χ1v) is 6.92. The van der Waals surface area contributed by atoms with Gasteiger partial charge in [-0.2, -0.15) is 0 Å². The molecule has 1 heterocycles. The maximum absolute atomic E-state index is 11.3. The van der Waals surface area contributed by atoms with Gasteiger partial charge in [0.25, 0.3) is 0 Å². The van der Waals surface area contributed by atoms with Gasteiger partial charge in [0.15, 0.2) is 0 Å². The third-order valence-corrected chi connectivity index (χ3v) is 3.51. The summed E-state index contributed by atoms with van der Waals surface area (Å²) in [5.74, 6) is 0.979. The van der Waals surface area contributed by atoms with Crippen LogP contribution in [0.1, 0.15) is 0 Å². The standard InChI is InChI=1S/C16H18N2O2/c19-16-12-18(8-7-17-16)9-10-20-15-6-5-13-3-1-2-4-14(13)11-15/h1-6,11H,7-10,12H2,(H,17,19). The molecule has 1 amide bonds. The monoisotopic (exact) mass is 270 g/mol. The second kappa shape index (κ2) is 5.92. The Balaban J connectivity index is 1.55. The second-order valence-electron chi connectivity index (χ2n) is 4.98. The average Bonchev–Trinajstić information content (AvgIpc) is 2.47. The van der Waals surface area contributed by atoms with Crippen molar-refractivity contribution in [1.29, 1.82) is 0 Å². The summed E-state index contributed by atoms with van der Waals surface area (Å²) in [5.41, 5.74) is 0. The van der Waals surface area contributed by atoms with E-state index in [0.29, 0.717) is 13.2 Å². The summed E-state index contributed by atoms with van der Waals surface area (Å²) in [6.07, 6.45) is 0. The average molecular weight is 270 g/mol. The fourth-order valence-corrected chi connectivity index (χ4v) is 2.43. The van der Waals surface area contributed by atoms with Gasteiger partial charge >= 0.3 is 0 Å². The van der Waals surface area contributed by atoms with Crippen LogP contribution in [0.5, 0.6) is 5.75 Å². The molecular formula is C16H18N2O2. The van der Waals surface area contributed by atoms with E-state index in [0.717, 1.165) is 25.4 Å². The fourth-order valence-electron chi connectivity index (χ4n) is 2.43. The highest BCUT2D eigenvalue weighted by Gasteiger charge is 2.15. The second-order valence-corrected chi connectivity index (χ2v) is 4.98. The molecule has 3 rings (SSSR count). The number of fused-ring (bicyclic) bond motifs is 1. The molecular weight excluding hydrogens is 252 g/mol. The van der Waals surface area contributed by atoms with E-state index >= 15 is 0 Å². The van der Waals surface area contributed by atoms with E-state index in [1.807, 2.05) is 18.2 Å². The van der Waals surface area contributed by atoms with Crippen molar-refractivity contribution in [3.05, 3.63) is 42.5 Å². The number of carbonyl (C=O) groups is 1. The lowest BCUT2D eigenvalue weighted by molar-refractivity contribution is -0.124. The number of amides is 1. The van der Waals surface area contributed by atoms with Crippen LogP contribution in [0.4, 0.5) is 0 Å². The van der Waals surface area contributed by atoms with Gasteiger partial charge in [-0.3, -0.25) is 9.69 Å². The number of ether oxygens (including phenoxy) is 1. The highest BCUT2D eigenvalue weighted by atomic mass is 16.5. The molecule has 0 unspecified atom stereocenters. The van der Waals surface area contributed by atoms with Crippen LogP contribution in [0.25, 0.3) is 10.8 Å². The zero-order valence-corrected chi connectivity index (χ0v) is 11.3. The van der Waals surface area contributed by atoms with E-state index in [2.05, 4.69) is 34.5 Å². The van der Waals surface area contributed by atoms with Crippen LogP contribution >= 0.6 is 0 Å². The molecule has 1 fully saturated rings. The summed E-state index contributed by atoms with van der Waals surface area (Å²) in [5, 5.41) is 5.22. The molecule has 0 spiro atoms. The molecule has 1 N–H and O–H groups in total. The minimum absolute atomic E-state index is 0.0990. The van der Waals surface area contributed by atoms with Gasteiger partial charge in [-0.25, -0.2) is 0 Å². The molecule has 0 bridgehead atoms. The number of carbonyl (C=O) groups excluding carboxylic acids is 1. The summed E-state index contributed by atoms with van der Waals surface area (Å²) in [4.78, 5) is 13.4. The Morgan fingerprint density at radius 2 is 2.00 bits per heavy atom. The van der Waals surface area contributed by atoms with Gasteiger partial charge in [0.05, 0.1) is 6.54 Å². The van der Waals surface area contributed by atoms with E-state index in [-0.39, 0.29) is 5.91 Å². The third kappa shape index (κ3) is 3.08. The first kappa shape index (κ1) is 12.9. The molecule has 0 radical (unpaired) electrons. The van der Waals surface area contributed by atoms with Crippen LogP contribution in [-0.2, 0) is 4.79 Å². The predicted molar refractivity (Wildman–Crippen MR) is 78.9 cm³/mol. The largest absolute Gasteiger partial charge is 0.492 e. The third-order valence-electron chi connectivity index (χ3n) is 3.51. The minimum Gasteiger partial charge on any atom is -0.492 e. The first-order chi connectivity index (χ1) is 9.81. The van der Waals surface area contributed by atoms with Gasteiger partial charge in [0.1, 0.15) is 12.4 Å². The number of piperazine rings is 1. The van der Waals surface area contributed by atoms with E-state index < -0.39 is 0 Å². The molecule has 0 saturated carbocycles.